The Labute approximate surface area is 286 Å². The van der Waals surface area contributed by atoms with E-state index in [0.717, 1.165) is 79.4 Å². The summed E-state index contributed by atoms with van der Waals surface area (Å²) in [6.07, 6.45) is 5.29. The molecule has 47 heavy (non-hydrogen) atoms. The number of aryl methyl sites for hydroxylation is 2. The average Bonchev–Trinajstić information content (AvgIpc) is 3.48. The molecule has 3 aliphatic heterocycles. The van der Waals surface area contributed by atoms with Gasteiger partial charge in [-0.15, -0.1) is 0 Å². The zero-order valence-corrected chi connectivity index (χ0v) is 27.8. The van der Waals surface area contributed by atoms with Crippen molar-refractivity contribution < 1.29 is 14.7 Å². The van der Waals surface area contributed by atoms with Crippen molar-refractivity contribution >= 4 is 57.8 Å². The lowest BCUT2D eigenvalue weighted by molar-refractivity contribution is -0.118. The summed E-state index contributed by atoms with van der Waals surface area (Å²) in [5, 5.41) is 13.9. The smallest absolute Gasteiger partial charge is 0.249 e. The van der Waals surface area contributed by atoms with Gasteiger partial charge in [0.2, 0.25) is 11.8 Å². The number of fused-ring (bicyclic) bond motifs is 2. The number of hydrogen-bond donors (Lipinski definition) is 2. The van der Waals surface area contributed by atoms with Gasteiger partial charge in [-0.05, 0) is 110 Å². The van der Waals surface area contributed by atoms with Crippen molar-refractivity contribution in [3.63, 3.8) is 0 Å². The number of aliphatic hydroxyl groups excluding tert-OH is 1. The van der Waals surface area contributed by atoms with Crippen LogP contribution in [0.25, 0.3) is 0 Å². The van der Waals surface area contributed by atoms with Crippen LogP contribution in [0.4, 0.5) is 22.7 Å². The number of amides is 2. The Kier molecular flexibility index (Phi) is 10.7. The summed E-state index contributed by atoms with van der Waals surface area (Å²) in [4.78, 5) is 32.0. The van der Waals surface area contributed by atoms with Crippen LogP contribution in [-0.4, -0.2) is 55.2 Å². The zero-order chi connectivity index (χ0) is 32.8. The maximum Gasteiger partial charge on any atom is 0.249 e. The first-order chi connectivity index (χ1) is 22.9. The van der Waals surface area contributed by atoms with Crippen molar-refractivity contribution in [2.24, 2.45) is 0 Å². The third kappa shape index (κ3) is 7.59. The van der Waals surface area contributed by atoms with Gasteiger partial charge in [-0.25, -0.2) is 0 Å². The van der Waals surface area contributed by atoms with Crippen LogP contribution >= 0.6 is 23.2 Å². The van der Waals surface area contributed by atoms with E-state index in [1.165, 1.54) is 11.3 Å². The monoisotopic (exact) mass is 670 g/mol. The number of benzene rings is 4. The quantitative estimate of drug-likeness (QED) is 0.215. The van der Waals surface area contributed by atoms with Crippen molar-refractivity contribution in [1.82, 2.24) is 0 Å². The predicted octanol–water partition coefficient (Wildman–Crippen LogP) is 7.38. The van der Waals surface area contributed by atoms with Gasteiger partial charge < -0.3 is 25.1 Å². The molecule has 0 aromatic heterocycles. The van der Waals surface area contributed by atoms with E-state index in [4.69, 9.17) is 23.2 Å². The highest BCUT2D eigenvalue weighted by Gasteiger charge is 2.38. The van der Waals surface area contributed by atoms with Crippen LogP contribution < -0.4 is 20.0 Å². The van der Waals surface area contributed by atoms with Gasteiger partial charge in [-0.1, -0.05) is 59.6 Å². The minimum atomic E-state index is -0.407. The number of carbonyl (C=O) groups is 2. The molecule has 0 radical (unpaired) electrons. The summed E-state index contributed by atoms with van der Waals surface area (Å²) in [5.41, 5.74) is 6.38. The Hall–Kier alpha value is -4.04. The second-order valence-electron chi connectivity index (χ2n) is 12.2. The number of nitrogens with one attached hydrogen (secondary N) is 1. The first-order valence-corrected chi connectivity index (χ1v) is 17.1. The number of carbonyl (C=O) groups excluding carboxylic acids is 2. The standard InChI is InChI=1S/C19H21ClN2O2.C19H19ClN2O/c20-15-8-9-17-14(13-15)5-4-11-22(17)18(10-12-23)19(24)21-16-6-2-1-3-7-16;20-15-8-9-17-14(13-15)5-4-11-22(17)18-10-12-21(19(18)23)16-6-2-1-3-7-16/h1-3,6-9,13,18,23H,4-5,10-12H2,(H,21,24);1-3,6-9,13,18H,4-5,10-12H2/t18-;/m0./s1. The van der Waals surface area contributed by atoms with E-state index in [9.17, 15) is 14.7 Å². The summed E-state index contributed by atoms with van der Waals surface area (Å²) in [6.45, 7) is 2.48. The van der Waals surface area contributed by atoms with Crippen LogP contribution in [0.2, 0.25) is 10.0 Å². The molecule has 0 saturated carbocycles. The van der Waals surface area contributed by atoms with E-state index in [1.54, 1.807) is 0 Å². The van der Waals surface area contributed by atoms with E-state index in [2.05, 4.69) is 21.2 Å². The zero-order valence-electron chi connectivity index (χ0n) is 26.3. The highest BCUT2D eigenvalue weighted by Crippen LogP contribution is 2.35. The molecule has 7 rings (SSSR count). The molecule has 3 heterocycles. The van der Waals surface area contributed by atoms with E-state index < -0.39 is 6.04 Å². The van der Waals surface area contributed by atoms with Crippen LogP contribution in [-0.2, 0) is 22.4 Å². The minimum Gasteiger partial charge on any atom is -0.396 e. The minimum absolute atomic E-state index is 0.0354. The van der Waals surface area contributed by atoms with E-state index in [0.29, 0.717) is 11.4 Å². The fourth-order valence-corrected chi connectivity index (χ4v) is 7.34. The molecule has 0 bridgehead atoms. The molecule has 2 atom stereocenters. The molecule has 244 valence electrons. The number of aliphatic hydroxyl groups is 1. The van der Waals surface area contributed by atoms with Crippen molar-refractivity contribution in [2.45, 2.75) is 50.6 Å². The molecule has 4 aromatic rings. The third-order valence-corrected chi connectivity index (χ3v) is 9.61. The summed E-state index contributed by atoms with van der Waals surface area (Å²) in [5.74, 6) is 0.108. The Morgan fingerprint density at radius 1 is 0.809 bits per heavy atom. The number of anilines is 4. The first-order valence-electron chi connectivity index (χ1n) is 16.4. The Bertz CT molecular complexity index is 1690. The van der Waals surface area contributed by atoms with Crippen LogP contribution in [0.1, 0.15) is 36.8 Å². The van der Waals surface area contributed by atoms with Gasteiger partial charge in [0, 0.05) is 59.0 Å². The highest BCUT2D eigenvalue weighted by molar-refractivity contribution is 6.31. The Balaban J connectivity index is 0.000000164. The summed E-state index contributed by atoms with van der Waals surface area (Å²) < 4.78 is 0. The SMILES string of the molecule is O=C(Nc1ccccc1)[C@H](CCO)N1CCCc2cc(Cl)ccc21.O=C1C(N2CCCc3cc(Cl)ccc32)CCN1c1ccccc1. The largest absolute Gasteiger partial charge is 0.396 e. The van der Waals surface area contributed by atoms with Crippen LogP contribution in [0.3, 0.4) is 0 Å². The van der Waals surface area contributed by atoms with Gasteiger partial charge in [-0.2, -0.15) is 0 Å². The number of rotatable bonds is 7. The molecule has 0 aliphatic carbocycles. The second-order valence-corrected chi connectivity index (χ2v) is 13.0. The fraction of sp³-hybridized carbons (Fsp3) is 0.316. The van der Waals surface area contributed by atoms with Crippen LogP contribution in [0, 0.1) is 0 Å². The lowest BCUT2D eigenvalue weighted by Gasteiger charge is -2.37. The Morgan fingerprint density at radius 2 is 1.43 bits per heavy atom. The number of halogens is 2. The molecular formula is C38H40Cl2N4O3. The fourth-order valence-electron chi connectivity index (χ4n) is 6.95. The van der Waals surface area contributed by atoms with Gasteiger partial charge in [0.15, 0.2) is 0 Å². The molecule has 2 amide bonds. The Morgan fingerprint density at radius 3 is 2.11 bits per heavy atom. The molecule has 1 unspecified atom stereocenters. The van der Waals surface area contributed by atoms with Crippen molar-refractivity contribution in [3.05, 3.63) is 118 Å². The maximum atomic E-state index is 12.9. The van der Waals surface area contributed by atoms with Crippen LogP contribution in [0.5, 0.6) is 0 Å². The molecule has 9 heteroatoms. The van der Waals surface area contributed by atoms with E-state index in [-0.39, 0.29) is 24.5 Å². The molecule has 0 spiro atoms. The molecule has 7 nitrogen and oxygen atoms in total. The summed E-state index contributed by atoms with van der Waals surface area (Å²) >= 11 is 12.2. The second kappa shape index (κ2) is 15.2. The maximum absolute atomic E-state index is 12.9. The van der Waals surface area contributed by atoms with Crippen LogP contribution in [0.15, 0.2) is 97.1 Å². The van der Waals surface area contributed by atoms with Gasteiger partial charge in [0.05, 0.1) is 0 Å². The molecular weight excluding hydrogens is 631 g/mol. The molecule has 1 fully saturated rings. The summed E-state index contributed by atoms with van der Waals surface area (Å²) in [6, 6.07) is 30.7. The first kappa shape index (κ1) is 32.9. The molecule has 2 N–H and O–H groups in total. The van der Waals surface area contributed by atoms with E-state index in [1.807, 2.05) is 95.9 Å². The van der Waals surface area contributed by atoms with Crippen molar-refractivity contribution in [1.29, 1.82) is 0 Å². The summed E-state index contributed by atoms with van der Waals surface area (Å²) in [7, 11) is 0. The lowest BCUT2D eigenvalue weighted by atomic mass is 9.98. The normalized spacial score (nSPS) is 17.7. The molecule has 4 aromatic carbocycles. The van der Waals surface area contributed by atoms with Crippen molar-refractivity contribution in [2.75, 3.05) is 46.3 Å². The molecule has 3 aliphatic rings. The predicted molar refractivity (Wildman–Crippen MR) is 192 cm³/mol. The van der Waals surface area contributed by atoms with E-state index >= 15 is 0 Å². The number of para-hydroxylation sites is 2. The van der Waals surface area contributed by atoms with Crippen molar-refractivity contribution in [3.8, 4) is 0 Å². The topological polar surface area (TPSA) is 76.1 Å². The lowest BCUT2D eigenvalue weighted by Crippen LogP contribution is -2.47. The van der Waals surface area contributed by atoms with Gasteiger partial charge in [0.1, 0.15) is 12.1 Å². The highest BCUT2D eigenvalue weighted by atomic mass is 35.5. The third-order valence-electron chi connectivity index (χ3n) is 9.14. The van der Waals surface area contributed by atoms with Gasteiger partial charge in [-0.3, -0.25) is 9.59 Å². The van der Waals surface area contributed by atoms with Gasteiger partial charge in [0.25, 0.3) is 0 Å². The average molecular weight is 672 g/mol. The van der Waals surface area contributed by atoms with Gasteiger partial charge >= 0.3 is 0 Å². The molecule has 1 saturated heterocycles. The number of hydrogen-bond acceptors (Lipinski definition) is 5. The number of nitrogens with zero attached hydrogens (tertiary/aromatic N) is 3.